The third kappa shape index (κ3) is 7.93. The Morgan fingerprint density at radius 3 is 2.49 bits per heavy atom. The molecule has 0 aliphatic carbocycles. The lowest BCUT2D eigenvalue weighted by Crippen LogP contribution is -2.33. The maximum absolute atomic E-state index is 10.2. The van der Waals surface area contributed by atoms with E-state index in [4.69, 9.17) is 4.74 Å². The summed E-state index contributed by atoms with van der Waals surface area (Å²) in [5.74, 6) is 1.00. The van der Waals surface area contributed by atoms with Gasteiger partial charge in [0.15, 0.2) is 0 Å². The molecule has 5 heteroatoms. The average molecular weight is 479 g/mol. The van der Waals surface area contributed by atoms with E-state index in [0.29, 0.717) is 17.7 Å². The number of likely N-dealkylation sites (N-methyl/N-ethyl adjacent to an activating group) is 1. The Morgan fingerprint density at radius 1 is 1.11 bits per heavy atom. The second kappa shape index (κ2) is 14.0. The smallest absolute Gasteiger partial charge is 0.120 e. The SMILES string of the molecule is C=C(CC)COc1cccc(CCN(C)CCCC(C#N)(c2ccc(CO)c(CO)c2)C(C)C)c1. The van der Waals surface area contributed by atoms with Gasteiger partial charge in [-0.3, -0.25) is 0 Å². The van der Waals surface area contributed by atoms with Crippen molar-refractivity contribution in [1.29, 1.82) is 5.26 Å². The Morgan fingerprint density at radius 2 is 1.86 bits per heavy atom. The number of benzene rings is 2. The molecule has 0 saturated carbocycles. The van der Waals surface area contributed by atoms with Gasteiger partial charge in [0.25, 0.3) is 0 Å². The van der Waals surface area contributed by atoms with Crippen molar-refractivity contribution in [2.75, 3.05) is 26.7 Å². The molecular formula is C30H42N2O3. The van der Waals surface area contributed by atoms with Crippen molar-refractivity contribution in [1.82, 2.24) is 4.90 Å². The van der Waals surface area contributed by atoms with Gasteiger partial charge in [-0.2, -0.15) is 5.26 Å². The molecule has 0 bridgehead atoms. The molecule has 0 aromatic heterocycles. The molecular weight excluding hydrogens is 436 g/mol. The molecule has 35 heavy (non-hydrogen) atoms. The van der Waals surface area contributed by atoms with Gasteiger partial charge >= 0.3 is 0 Å². The molecule has 0 spiro atoms. The van der Waals surface area contributed by atoms with Crippen molar-refractivity contribution in [3.63, 3.8) is 0 Å². The van der Waals surface area contributed by atoms with E-state index < -0.39 is 5.41 Å². The quantitative estimate of drug-likeness (QED) is 0.336. The first-order chi connectivity index (χ1) is 16.8. The van der Waals surface area contributed by atoms with E-state index in [1.807, 2.05) is 30.3 Å². The number of rotatable bonds is 15. The van der Waals surface area contributed by atoms with Crippen LogP contribution in [-0.2, 0) is 25.0 Å². The van der Waals surface area contributed by atoms with Gasteiger partial charge in [-0.25, -0.2) is 0 Å². The molecule has 0 saturated heterocycles. The lowest BCUT2D eigenvalue weighted by atomic mass is 9.69. The zero-order valence-corrected chi connectivity index (χ0v) is 21.9. The van der Waals surface area contributed by atoms with Crippen LogP contribution in [0.3, 0.4) is 0 Å². The molecule has 2 aromatic carbocycles. The van der Waals surface area contributed by atoms with Crippen LogP contribution in [0.25, 0.3) is 0 Å². The number of aliphatic hydroxyl groups is 2. The lowest BCUT2D eigenvalue weighted by molar-refractivity contribution is 0.259. The van der Waals surface area contributed by atoms with Gasteiger partial charge in [0.05, 0.1) is 24.7 Å². The zero-order valence-electron chi connectivity index (χ0n) is 21.9. The Bertz CT molecular complexity index is 995. The minimum Gasteiger partial charge on any atom is -0.489 e. The number of nitrogens with zero attached hydrogens (tertiary/aromatic N) is 2. The summed E-state index contributed by atoms with van der Waals surface area (Å²) in [6, 6.07) is 16.5. The molecule has 1 unspecified atom stereocenters. The molecule has 2 rings (SSSR count). The Kier molecular flexibility index (Phi) is 11.5. The van der Waals surface area contributed by atoms with Crippen LogP contribution < -0.4 is 4.74 Å². The maximum Gasteiger partial charge on any atom is 0.120 e. The maximum atomic E-state index is 10.2. The molecule has 2 aromatic rings. The molecule has 0 fully saturated rings. The number of hydrogen-bond donors (Lipinski definition) is 2. The summed E-state index contributed by atoms with van der Waals surface area (Å²) in [5.41, 5.74) is 4.00. The lowest BCUT2D eigenvalue weighted by Gasteiger charge is -2.32. The van der Waals surface area contributed by atoms with Crippen LogP contribution in [0.4, 0.5) is 0 Å². The molecule has 0 radical (unpaired) electrons. The predicted molar refractivity (Wildman–Crippen MR) is 142 cm³/mol. The van der Waals surface area contributed by atoms with Crippen molar-refractivity contribution in [2.45, 2.75) is 65.1 Å². The van der Waals surface area contributed by atoms with E-state index in [0.717, 1.165) is 55.7 Å². The van der Waals surface area contributed by atoms with Gasteiger partial charge in [-0.1, -0.05) is 57.7 Å². The van der Waals surface area contributed by atoms with Gasteiger partial charge in [0, 0.05) is 6.54 Å². The normalized spacial score (nSPS) is 13.0. The van der Waals surface area contributed by atoms with Crippen molar-refractivity contribution in [3.8, 4) is 11.8 Å². The summed E-state index contributed by atoms with van der Waals surface area (Å²) in [6.07, 6.45) is 3.48. The zero-order chi connectivity index (χ0) is 25.8. The fraction of sp³-hybridized carbons (Fsp3) is 0.500. The van der Waals surface area contributed by atoms with E-state index in [9.17, 15) is 15.5 Å². The van der Waals surface area contributed by atoms with Crippen molar-refractivity contribution in [3.05, 3.63) is 76.9 Å². The van der Waals surface area contributed by atoms with Crippen LogP contribution in [-0.4, -0.2) is 41.9 Å². The molecule has 0 heterocycles. The van der Waals surface area contributed by atoms with E-state index in [-0.39, 0.29) is 19.1 Å². The summed E-state index contributed by atoms with van der Waals surface area (Å²) in [6.45, 7) is 12.3. The van der Waals surface area contributed by atoms with Crippen molar-refractivity contribution >= 4 is 0 Å². The highest BCUT2D eigenvalue weighted by Gasteiger charge is 2.36. The summed E-state index contributed by atoms with van der Waals surface area (Å²) >= 11 is 0. The molecule has 0 aliphatic heterocycles. The fourth-order valence-electron chi connectivity index (χ4n) is 4.36. The first kappa shape index (κ1) is 28.6. The van der Waals surface area contributed by atoms with Gasteiger partial charge < -0.3 is 19.8 Å². The molecule has 0 aliphatic rings. The molecule has 190 valence electrons. The Labute approximate surface area is 211 Å². The highest BCUT2D eigenvalue weighted by molar-refractivity contribution is 5.40. The third-order valence-corrected chi connectivity index (χ3v) is 6.98. The minimum atomic E-state index is -0.632. The molecule has 2 N–H and O–H groups in total. The van der Waals surface area contributed by atoms with E-state index >= 15 is 0 Å². The third-order valence-electron chi connectivity index (χ3n) is 6.98. The van der Waals surface area contributed by atoms with Crippen molar-refractivity contribution in [2.24, 2.45) is 5.92 Å². The Balaban J connectivity index is 1.96. The number of hydrogen-bond acceptors (Lipinski definition) is 5. The van der Waals surface area contributed by atoms with Crippen LogP contribution in [0.5, 0.6) is 5.75 Å². The number of nitriles is 1. The van der Waals surface area contributed by atoms with Crippen LogP contribution in [0.15, 0.2) is 54.6 Å². The standard InChI is InChI=1S/C30H42N2O3/c1-6-24(4)21-35-29-10-7-9-25(17-29)13-16-32(5)15-8-14-30(22-31,23(2)3)28-12-11-26(19-33)27(18-28)20-34/h7,9-12,17-18,23,33-34H,4,6,8,13-16,19-21H2,1-3,5H3. The van der Waals surface area contributed by atoms with Crippen LogP contribution in [0.2, 0.25) is 0 Å². The second-order valence-corrected chi connectivity index (χ2v) is 9.73. The summed E-state index contributed by atoms with van der Waals surface area (Å²) in [7, 11) is 2.12. The Hall–Kier alpha value is -2.65. The number of aliphatic hydroxyl groups excluding tert-OH is 2. The summed E-state index contributed by atoms with van der Waals surface area (Å²) in [4.78, 5) is 2.31. The van der Waals surface area contributed by atoms with Crippen LogP contribution >= 0.6 is 0 Å². The molecule has 5 nitrogen and oxygen atoms in total. The van der Waals surface area contributed by atoms with Crippen LogP contribution in [0.1, 0.15) is 62.3 Å². The second-order valence-electron chi connectivity index (χ2n) is 9.73. The van der Waals surface area contributed by atoms with Crippen LogP contribution in [0, 0.1) is 17.2 Å². The van der Waals surface area contributed by atoms with E-state index in [2.05, 4.69) is 57.5 Å². The minimum absolute atomic E-state index is 0.120. The van der Waals surface area contributed by atoms with Gasteiger partial charge in [0.2, 0.25) is 0 Å². The monoisotopic (exact) mass is 478 g/mol. The van der Waals surface area contributed by atoms with Crippen molar-refractivity contribution < 1.29 is 14.9 Å². The number of ether oxygens (including phenoxy) is 1. The van der Waals surface area contributed by atoms with E-state index in [1.54, 1.807) is 0 Å². The summed E-state index contributed by atoms with van der Waals surface area (Å²) in [5, 5.41) is 29.5. The highest BCUT2D eigenvalue weighted by Crippen LogP contribution is 2.37. The van der Waals surface area contributed by atoms with Gasteiger partial charge in [-0.15, -0.1) is 0 Å². The van der Waals surface area contributed by atoms with Gasteiger partial charge in [-0.05, 0) is 85.2 Å². The molecule has 0 amide bonds. The van der Waals surface area contributed by atoms with Gasteiger partial charge in [0.1, 0.15) is 12.4 Å². The fourth-order valence-corrected chi connectivity index (χ4v) is 4.36. The first-order valence-electron chi connectivity index (χ1n) is 12.6. The molecule has 1 atom stereocenters. The van der Waals surface area contributed by atoms with E-state index in [1.165, 1.54) is 5.56 Å². The topological polar surface area (TPSA) is 76.7 Å². The summed E-state index contributed by atoms with van der Waals surface area (Å²) < 4.78 is 5.84. The first-order valence-corrected chi connectivity index (χ1v) is 12.6. The average Bonchev–Trinajstić information content (AvgIpc) is 2.88. The predicted octanol–water partition coefficient (Wildman–Crippen LogP) is 5.39. The highest BCUT2D eigenvalue weighted by atomic mass is 16.5. The largest absolute Gasteiger partial charge is 0.489 e.